The molecule has 0 radical (unpaired) electrons. The average molecular weight is 301 g/mol. The number of hydrogen-bond acceptors (Lipinski definition) is 4. The van der Waals surface area contributed by atoms with Crippen LogP contribution in [0.2, 0.25) is 0 Å². The van der Waals surface area contributed by atoms with Crippen molar-refractivity contribution in [1.82, 2.24) is 9.88 Å². The van der Waals surface area contributed by atoms with E-state index in [1.807, 2.05) is 18.9 Å². The molecule has 0 atom stereocenters. The van der Waals surface area contributed by atoms with Gasteiger partial charge in [-0.3, -0.25) is 4.79 Å². The minimum atomic E-state index is 0.0406. The van der Waals surface area contributed by atoms with E-state index in [1.165, 1.54) is 22.5 Å². The van der Waals surface area contributed by atoms with E-state index in [-0.39, 0.29) is 11.9 Å². The molecule has 0 saturated carbocycles. The second-order valence-corrected chi connectivity index (χ2v) is 6.46. The third-order valence-corrected chi connectivity index (χ3v) is 5.06. The highest BCUT2D eigenvalue weighted by Gasteiger charge is 2.29. The van der Waals surface area contributed by atoms with Gasteiger partial charge in [0.05, 0.1) is 5.69 Å². The monoisotopic (exact) mass is 301 g/mol. The first-order valence-electron chi connectivity index (χ1n) is 7.19. The molecule has 0 fully saturated rings. The van der Waals surface area contributed by atoms with E-state index >= 15 is 0 Å². The fourth-order valence-corrected chi connectivity index (χ4v) is 3.82. The molecule has 1 aromatic heterocycles. The minimum Gasteiger partial charge on any atom is -0.375 e. The summed E-state index contributed by atoms with van der Waals surface area (Å²) in [7, 11) is 1.88. The molecule has 1 amide bonds. The number of anilines is 1. The van der Waals surface area contributed by atoms with E-state index in [0.717, 1.165) is 25.0 Å². The van der Waals surface area contributed by atoms with Gasteiger partial charge >= 0.3 is 0 Å². The number of nitrogens with zero attached hydrogens (tertiary/aromatic N) is 2. The summed E-state index contributed by atoms with van der Waals surface area (Å²) in [6.07, 6.45) is 2.58. The van der Waals surface area contributed by atoms with Crippen LogP contribution < -0.4 is 5.73 Å². The largest absolute Gasteiger partial charge is 0.375 e. The molecule has 0 aliphatic heterocycles. The molecule has 1 aromatic carbocycles. The van der Waals surface area contributed by atoms with Gasteiger partial charge in [-0.2, -0.15) is 0 Å². The van der Waals surface area contributed by atoms with E-state index in [0.29, 0.717) is 10.0 Å². The lowest BCUT2D eigenvalue weighted by Crippen LogP contribution is -2.37. The fourth-order valence-electron chi connectivity index (χ4n) is 2.91. The van der Waals surface area contributed by atoms with E-state index in [4.69, 9.17) is 5.73 Å². The fraction of sp³-hybridized carbons (Fsp3) is 0.375. The number of aryl methyl sites for hydroxylation is 1. The number of amides is 1. The van der Waals surface area contributed by atoms with E-state index < -0.39 is 0 Å². The predicted octanol–water partition coefficient (Wildman–Crippen LogP) is 2.53. The number of hydrogen-bond donors (Lipinski definition) is 1. The average Bonchev–Trinajstić information content (AvgIpc) is 3.08. The Labute approximate surface area is 128 Å². The topological polar surface area (TPSA) is 59.2 Å². The molecule has 4 nitrogen and oxygen atoms in total. The summed E-state index contributed by atoms with van der Waals surface area (Å²) in [6.45, 7) is 2.00. The van der Waals surface area contributed by atoms with Gasteiger partial charge in [0.25, 0.3) is 5.91 Å². The van der Waals surface area contributed by atoms with Gasteiger partial charge in [-0.1, -0.05) is 42.5 Å². The van der Waals surface area contributed by atoms with Gasteiger partial charge in [0.1, 0.15) is 4.88 Å². The Kier molecular flexibility index (Phi) is 3.68. The van der Waals surface area contributed by atoms with E-state index in [9.17, 15) is 4.79 Å². The highest BCUT2D eigenvalue weighted by molar-refractivity contribution is 7.17. The van der Waals surface area contributed by atoms with Crippen LogP contribution in [0.4, 0.5) is 5.13 Å². The summed E-state index contributed by atoms with van der Waals surface area (Å²) in [5.41, 5.74) is 9.26. The van der Waals surface area contributed by atoms with Crippen LogP contribution in [0.25, 0.3) is 0 Å². The molecule has 0 unspecified atom stereocenters. The summed E-state index contributed by atoms with van der Waals surface area (Å²) in [5.74, 6) is 0.0406. The molecular weight excluding hydrogens is 282 g/mol. The van der Waals surface area contributed by atoms with Crippen molar-refractivity contribution in [2.75, 3.05) is 12.8 Å². The van der Waals surface area contributed by atoms with Crippen LogP contribution in [0.1, 0.15) is 33.4 Å². The Balaban J connectivity index is 1.80. The Morgan fingerprint density at radius 3 is 2.57 bits per heavy atom. The van der Waals surface area contributed by atoms with Crippen molar-refractivity contribution in [1.29, 1.82) is 0 Å². The number of aromatic nitrogens is 1. The quantitative estimate of drug-likeness (QED) is 0.947. The highest BCUT2D eigenvalue weighted by atomic mass is 32.1. The number of thiazole rings is 1. The van der Waals surface area contributed by atoms with Crippen LogP contribution >= 0.6 is 11.3 Å². The van der Waals surface area contributed by atoms with Crippen molar-refractivity contribution in [3.63, 3.8) is 0 Å². The van der Waals surface area contributed by atoms with Gasteiger partial charge in [0.15, 0.2) is 5.13 Å². The Bertz CT molecular complexity index is 655. The molecule has 1 aliphatic rings. The van der Waals surface area contributed by atoms with Crippen LogP contribution in [0.3, 0.4) is 0 Å². The zero-order chi connectivity index (χ0) is 15.0. The summed E-state index contributed by atoms with van der Waals surface area (Å²) in [5, 5.41) is 0.471. The maximum absolute atomic E-state index is 12.7. The molecule has 1 heterocycles. The van der Waals surface area contributed by atoms with Gasteiger partial charge in [0.2, 0.25) is 0 Å². The summed E-state index contributed by atoms with van der Waals surface area (Å²) in [6, 6.07) is 8.64. The van der Waals surface area contributed by atoms with Crippen molar-refractivity contribution >= 4 is 22.4 Å². The van der Waals surface area contributed by atoms with Crippen molar-refractivity contribution < 1.29 is 4.79 Å². The number of carbonyl (C=O) groups is 1. The van der Waals surface area contributed by atoms with E-state index in [2.05, 4.69) is 29.2 Å². The SMILES string of the molecule is CCc1nc(N)sc1C(=O)N(C)C1Cc2ccccc2C1. The van der Waals surface area contributed by atoms with Crippen molar-refractivity contribution in [2.24, 2.45) is 0 Å². The zero-order valence-electron chi connectivity index (χ0n) is 12.3. The first-order chi connectivity index (χ1) is 10.1. The Morgan fingerprint density at radius 1 is 1.38 bits per heavy atom. The molecule has 2 aromatic rings. The van der Waals surface area contributed by atoms with Gasteiger partial charge in [-0.25, -0.2) is 4.98 Å². The Morgan fingerprint density at radius 2 is 2.00 bits per heavy atom. The van der Waals surface area contributed by atoms with Gasteiger partial charge in [0, 0.05) is 13.1 Å². The number of rotatable bonds is 3. The molecule has 2 N–H and O–H groups in total. The van der Waals surface area contributed by atoms with Crippen molar-refractivity contribution in [2.45, 2.75) is 32.2 Å². The molecule has 1 aliphatic carbocycles. The van der Waals surface area contributed by atoms with Gasteiger partial charge < -0.3 is 10.6 Å². The number of nitrogens with two attached hydrogens (primary N) is 1. The third-order valence-electron chi connectivity index (χ3n) is 4.14. The van der Waals surface area contributed by atoms with Crippen molar-refractivity contribution in [3.05, 3.63) is 46.0 Å². The predicted molar refractivity (Wildman–Crippen MR) is 85.6 cm³/mol. The Hall–Kier alpha value is -1.88. The molecule has 0 spiro atoms. The third kappa shape index (κ3) is 2.53. The number of nitrogen functional groups attached to an aromatic ring is 1. The molecule has 0 saturated heterocycles. The maximum atomic E-state index is 12.7. The van der Waals surface area contributed by atoms with Crippen LogP contribution in [0, 0.1) is 0 Å². The van der Waals surface area contributed by atoms with E-state index in [1.54, 1.807) is 0 Å². The molecule has 3 rings (SSSR count). The standard InChI is InChI=1S/C16H19N3OS/c1-3-13-14(21-16(17)18-13)15(20)19(2)12-8-10-6-4-5-7-11(10)9-12/h4-7,12H,3,8-9H2,1-2H3,(H2,17,18). The molecule has 21 heavy (non-hydrogen) atoms. The number of benzene rings is 1. The number of fused-ring (bicyclic) bond motifs is 1. The van der Waals surface area contributed by atoms with Crippen LogP contribution in [-0.2, 0) is 19.3 Å². The second kappa shape index (κ2) is 5.48. The summed E-state index contributed by atoms with van der Waals surface area (Å²) < 4.78 is 0. The van der Waals surface area contributed by atoms with Crippen molar-refractivity contribution in [3.8, 4) is 0 Å². The lowest BCUT2D eigenvalue weighted by molar-refractivity contribution is 0.0741. The first kappa shape index (κ1) is 14.1. The number of carbonyl (C=O) groups excluding carboxylic acids is 1. The van der Waals surface area contributed by atoms with Crippen LogP contribution in [0.15, 0.2) is 24.3 Å². The minimum absolute atomic E-state index is 0.0406. The molecular formula is C16H19N3OS. The summed E-state index contributed by atoms with van der Waals surface area (Å²) in [4.78, 5) is 19.5. The lowest BCUT2D eigenvalue weighted by atomic mass is 10.1. The van der Waals surface area contributed by atoms with Crippen LogP contribution in [-0.4, -0.2) is 28.9 Å². The van der Waals surface area contributed by atoms with Gasteiger partial charge in [-0.05, 0) is 30.4 Å². The molecule has 110 valence electrons. The van der Waals surface area contributed by atoms with Gasteiger partial charge in [-0.15, -0.1) is 0 Å². The lowest BCUT2D eigenvalue weighted by Gasteiger charge is -2.24. The highest BCUT2D eigenvalue weighted by Crippen LogP contribution is 2.28. The first-order valence-corrected chi connectivity index (χ1v) is 8.01. The second-order valence-electron chi connectivity index (χ2n) is 5.43. The summed E-state index contributed by atoms with van der Waals surface area (Å²) >= 11 is 1.29. The zero-order valence-corrected chi connectivity index (χ0v) is 13.1. The van der Waals surface area contributed by atoms with Crippen LogP contribution in [0.5, 0.6) is 0 Å². The normalized spacial score (nSPS) is 14.2. The molecule has 5 heteroatoms. The number of likely N-dealkylation sites (N-methyl/N-ethyl adjacent to an activating group) is 1. The molecule has 0 bridgehead atoms. The smallest absolute Gasteiger partial charge is 0.265 e. The maximum Gasteiger partial charge on any atom is 0.265 e.